The van der Waals surface area contributed by atoms with Gasteiger partial charge in [0.25, 0.3) is 0 Å². The molecule has 0 radical (unpaired) electrons. The van der Waals surface area contributed by atoms with Crippen LogP contribution in [0.25, 0.3) is 11.2 Å². The highest BCUT2D eigenvalue weighted by Crippen LogP contribution is 2.35. The molecule has 0 bridgehead atoms. The number of imidazole rings is 1. The van der Waals surface area contributed by atoms with Gasteiger partial charge in [-0.2, -0.15) is 5.10 Å². The smallest absolute Gasteiger partial charge is 0.202 e. The topological polar surface area (TPSA) is 61.7 Å². The lowest BCUT2D eigenvalue weighted by molar-refractivity contribution is 0.294. The standard InChI is InChI=1S/C13H21N5/c1-8-4-6-10(7-5-8)18-12-11(15-13(18)14)9(2)16-17(12)3/h8,10H,4-7H2,1-3H3,(H2,14,15). The highest BCUT2D eigenvalue weighted by Gasteiger charge is 2.25. The predicted molar refractivity (Wildman–Crippen MR) is 72.3 cm³/mol. The first-order valence-corrected chi connectivity index (χ1v) is 6.75. The van der Waals surface area contributed by atoms with Crippen LogP contribution in [0.4, 0.5) is 5.95 Å². The molecule has 1 fully saturated rings. The van der Waals surface area contributed by atoms with Gasteiger partial charge in [0, 0.05) is 13.1 Å². The molecular weight excluding hydrogens is 226 g/mol. The molecule has 0 aromatic carbocycles. The number of nitrogens with zero attached hydrogens (tertiary/aromatic N) is 4. The summed E-state index contributed by atoms with van der Waals surface area (Å²) in [5.74, 6) is 1.48. The van der Waals surface area contributed by atoms with Crippen molar-refractivity contribution in [3.05, 3.63) is 5.69 Å². The maximum atomic E-state index is 6.11. The van der Waals surface area contributed by atoms with E-state index in [4.69, 9.17) is 5.73 Å². The molecule has 1 aliphatic carbocycles. The molecule has 0 atom stereocenters. The molecular formula is C13H21N5. The van der Waals surface area contributed by atoms with E-state index >= 15 is 0 Å². The average Bonchev–Trinajstić information content (AvgIpc) is 2.79. The van der Waals surface area contributed by atoms with Crippen molar-refractivity contribution in [1.29, 1.82) is 0 Å². The number of hydrogen-bond acceptors (Lipinski definition) is 3. The number of hydrogen-bond donors (Lipinski definition) is 1. The summed E-state index contributed by atoms with van der Waals surface area (Å²) in [6.07, 6.45) is 4.95. The van der Waals surface area contributed by atoms with Crippen LogP contribution >= 0.6 is 0 Å². The second kappa shape index (κ2) is 4.00. The van der Waals surface area contributed by atoms with E-state index in [1.54, 1.807) is 0 Å². The molecule has 0 spiro atoms. The summed E-state index contributed by atoms with van der Waals surface area (Å²) < 4.78 is 4.10. The van der Waals surface area contributed by atoms with Crippen LogP contribution in [0.1, 0.15) is 44.3 Å². The summed E-state index contributed by atoms with van der Waals surface area (Å²) in [5, 5.41) is 4.44. The number of fused-ring (bicyclic) bond motifs is 1. The van der Waals surface area contributed by atoms with Crippen molar-refractivity contribution in [1.82, 2.24) is 19.3 Å². The molecule has 1 aliphatic rings. The zero-order valence-corrected chi connectivity index (χ0v) is 11.3. The first-order chi connectivity index (χ1) is 8.58. The fourth-order valence-corrected chi connectivity index (χ4v) is 3.17. The lowest BCUT2D eigenvalue weighted by Gasteiger charge is -2.28. The number of anilines is 1. The van der Waals surface area contributed by atoms with Gasteiger partial charge in [0.15, 0.2) is 5.65 Å². The van der Waals surface area contributed by atoms with Gasteiger partial charge in [-0.05, 0) is 38.5 Å². The first-order valence-electron chi connectivity index (χ1n) is 6.75. The van der Waals surface area contributed by atoms with Crippen molar-refractivity contribution in [2.75, 3.05) is 5.73 Å². The van der Waals surface area contributed by atoms with E-state index in [0.717, 1.165) is 22.8 Å². The Labute approximate surface area is 107 Å². The van der Waals surface area contributed by atoms with Gasteiger partial charge in [0.2, 0.25) is 5.95 Å². The maximum Gasteiger partial charge on any atom is 0.202 e. The van der Waals surface area contributed by atoms with Crippen molar-refractivity contribution < 1.29 is 0 Å². The van der Waals surface area contributed by atoms with Crippen LogP contribution in [0.15, 0.2) is 0 Å². The predicted octanol–water partition coefficient (Wildman–Crippen LogP) is 2.41. The van der Waals surface area contributed by atoms with E-state index in [1.807, 2.05) is 18.7 Å². The second-order valence-corrected chi connectivity index (χ2v) is 5.63. The second-order valence-electron chi connectivity index (χ2n) is 5.63. The van der Waals surface area contributed by atoms with Crippen LogP contribution in [0.2, 0.25) is 0 Å². The molecule has 2 aromatic rings. The summed E-state index contributed by atoms with van der Waals surface area (Å²) in [5.41, 5.74) is 9.10. The van der Waals surface area contributed by atoms with Crippen LogP contribution in [-0.4, -0.2) is 19.3 Å². The molecule has 2 aromatic heterocycles. The Morgan fingerprint density at radius 1 is 1.22 bits per heavy atom. The third-order valence-electron chi connectivity index (χ3n) is 4.21. The highest BCUT2D eigenvalue weighted by molar-refractivity contribution is 5.77. The Bertz CT molecular complexity index is 572. The van der Waals surface area contributed by atoms with Crippen LogP contribution < -0.4 is 5.73 Å². The molecule has 2 N–H and O–H groups in total. The third-order valence-corrected chi connectivity index (χ3v) is 4.21. The number of aromatic nitrogens is 4. The van der Waals surface area contributed by atoms with E-state index in [1.165, 1.54) is 25.7 Å². The maximum absolute atomic E-state index is 6.11. The largest absolute Gasteiger partial charge is 0.369 e. The van der Waals surface area contributed by atoms with Gasteiger partial charge in [-0.25, -0.2) is 4.98 Å². The van der Waals surface area contributed by atoms with Gasteiger partial charge in [-0.1, -0.05) is 6.92 Å². The first kappa shape index (κ1) is 11.6. The van der Waals surface area contributed by atoms with E-state index in [-0.39, 0.29) is 0 Å². The van der Waals surface area contributed by atoms with Crippen LogP contribution in [0.5, 0.6) is 0 Å². The molecule has 2 heterocycles. The quantitative estimate of drug-likeness (QED) is 0.841. The van der Waals surface area contributed by atoms with Crippen molar-refractivity contribution >= 4 is 17.1 Å². The Morgan fingerprint density at radius 3 is 2.56 bits per heavy atom. The van der Waals surface area contributed by atoms with Crippen LogP contribution in [0.3, 0.4) is 0 Å². The molecule has 5 nitrogen and oxygen atoms in total. The highest BCUT2D eigenvalue weighted by atomic mass is 15.4. The number of nitrogens with two attached hydrogens (primary N) is 1. The molecule has 0 aliphatic heterocycles. The fourth-order valence-electron chi connectivity index (χ4n) is 3.17. The molecule has 0 saturated heterocycles. The van der Waals surface area contributed by atoms with Gasteiger partial charge in [-0.15, -0.1) is 0 Å². The SMILES string of the molecule is Cc1nn(C)c2c1nc(N)n2C1CCC(C)CC1. The molecule has 0 unspecified atom stereocenters. The Morgan fingerprint density at radius 2 is 1.89 bits per heavy atom. The van der Waals surface area contributed by atoms with Gasteiger partial charge >= 0.3 is 0 Å². The monoisotopic (exact) mass is 247 g/mol. The summed E-state index contributed by atoms with van der Waals surface area (Å²) in [6.45, 7) is 4.32. The number of nitrogen functional groups attached to an aromatic ring is 1. The van der Waals surface area contributed by atoms with E-state index in [0.29, 0.717) is 12.0 Å². The van der Waals surface area contributed by atoms with E-state index in [9.17, 15) is 0 Å². The van der Waals surface area contributed by atoms with Crippen molar-refractivity contribution in [2.45, 2.75) is 45.6 Å². The minimum absolute atomic E-state index is 0.487. The minimum atomic E-state index is 0.487. The molecule has 98 valence electrons. The molecule has 18 heavy (non-hydrogen) atoms. The van der Waals surface area contributed by atoms with Crippen LogP contribution in [-0.2, 0) is 7.05 Å². The summed E-state index contributed by atoms with van der Waals surface area (Å²) in [4.78, 5) is 4.49. The summed E-state index contributed by atoms with van der Waals surface area (Å²) in [6, 6.07) is 0.487. The lowest BCUT2D eigenvalue weighted by Crippen LogP contribution is -2.19. The fraction of sp³-hybridized carbons (Fsp3) is 0.692. The van der Waals surface area contributed by atoms with Gasteiger partial charge < -0.3 is 5.73 Å². The molecule has 5 heteroatoms. The van der Waals surface area contributed by atoms with Gasteiger partial charge in [0.05, 0.1) is 5.69 Å². The lowest BCUT2D eigenvalue weighted by atomic mass is 9.87. The Balaban J connectivity index is 2.08. The average molecular weight is 247 g/mol. The number of aryl methyl sites for hydroxylation is 2. The Kier molecular flexibility index (Phi) is 2.57. The third kappa shape index (κ3) is 1.61. The van der Waals surface area contributed by atoms with Crippen molar-refractivity contribution in [3.63, 3.8) is 0 Å². The van der Waals surface area contributed by atoms with E-state index < -0.39 is 0 Å². The van der Waals surface area contributed by atoms with Gasteiger partial charge in [-0.3, -0.25) is 9.25 Å². The molecule has 1 saturated carbocycles. The molecule has 0 amide bonds. The number of rotatable bonds is 1. The van der Waals surface area contributed by atoms with Gasteiger partial charge in [0.1, 0.15) is 5.52 Å². The Hall–Kier alpha value is -1.52. The zero-order chi connectivity index (χ0) is 12.9. The normalized spacial score (nSPS) is 24.8. The van der Waals surface area contributed by atoms with E-state index in [2.05, 4.69) is 21.6 Å². The summed E-state index contributed by atoms with van der Waals surface area (Å²) >= 11 is 0. The van der Waals surface area contributed by atoms with Crippen molar-refractivity contribution in [2.24, 2.45) is 13.0 Å². The summed E-state index contributed by atoms with van der Waals surface area (Å²) in [7, 11) is 1.97. The molecule has 3 rings (SSSR count). The van der Waals surface area contributed by atoms with Crippen LogP contribution in [0, 0.1) is 12.8 Å². The zero-order valence-electron chi connectivity index (χ0n) is 11.3. The minimum Gasteiger partial charge on any atom is -0.369 e. The van der Waals surface area contributed by atoms with Crippen molar-refractivity contribution in [3.8, 4) is 0 Å².